The van der Waals surface area contributed by atoms with Crippen LogP contribution >= 0.6 is 0 Å². The number of fused-ring (bicyclic) bond motifs is 3. The second-order valence-corrected chi connectivity index (χ2v) is 7.84. The van der Waals surface area contributed by atoms with Crippen molar-refractivity contribution >= 4 is 23.7 Å². The quantitative estimate of drug-likeness (QED) is 0.466. The third-order valence-electron chi connectivity index (χ3n) is 5.57. The number of hydrogen-bond donors (Lipinski definition) is 3. The van der Waals surface area contributed by atoms with Gasteiger partial charge in [-0.25, -0.2) is 9.18 Å². The Morgan fingerprint density at radius 2 is 1.68 bits per heavy atom. The van der Waals surface area contributed by atoms with E-state index < -0.39 is 29.8 Å². The van der Waals surface area contributed by atoms with Crippen LogP contribution in [0.4, 0.5) is 14.9 Å². The number of nitrogens with one attached hydrogen (secondary N) is 2. The lowest BCUT2D eigenvalue weighted by molar-refractivity contribution is -0.137. The number of benzene rings is 2. The van der Waals surface area contributed by atoms with Gasteiger partial charge in [0.05, 0.1) is 18.1 Å². The number of nitrogens with zero attached hydrogens (tertiary/aromatic N) is 1. The average molecular weight is 463 g/mol. The van der Waals surface area contributed by atoms with Crippen molar-refractivity contribution in [2.75, 3.05) is 11.9 Å². The van der Waals surface area contributed by atoms with Crippen molar-refractivity contribution < 1.29 is 28.6 Å². The van der Waals surface area contributed by atoms with Crippen molar-refractivity contribution in [3.63, 3.8) is 0 Å². The molecule has 0 spiro atoms. The second kappa shape index (κ2) is 10.1. The minimum absolute atomic E-state index is 0.0426. The molecule has 0 fully saturated rings. The SMILES string of the molecule is O=C(O)CCC(NC(=O)OCC1c2ccccc2-c2ccccc21)C(=O)Nc1cncc(F)c1. The van der Waals surface area contributed by atoms with E-state index in [1.54, 1.807) is 0 Å². The summed E-state index contributed by atoms with van der Waals surface area (Å²) in [7, 11) is 0. The number of carbonyl (C=O) groups excluding carboxylic acids is 2. The average Bonchev–Trinajstić information content (AvgIpc) is 3.14. The van der Waals surface area contributed by atoms with Crippen molar-refractivity contribution in [1.82, 2.24) is 10.3 Å². The number of carboxylic acids is 1. The molecule has 4 rings (SSSR count). The molecule has 34 heavy (non-hydrogen) atoms. The minimum atomic E-state index is -1.20. The predicted molar refractivity (Wildman–Crippen MR) is 122 cm³/mol. The molecule has 1 unspecified atom stereocenters. The van der Waals surface area contributed by atoms with Gasteiger partial charge in [-0.1, -0.05) is 48.5 Å². The van der Waals surface area contributed by atoms with Crippen LogP contribution in [0.2, 0.25) is 0 Å². The number of amides is 2. The van der Waals surface area contributed by atoms with Gasteiger partial charge in [-0.15, -0.1) is 0 Å². The third-order valence-corrected chi connectivity index (χ3v) is 5.57. The second-order valence-electron chi connectivity index (χ2n) is 7.84. The van der Waals surface area contributed by atoms with Crippen molar-refractivity contribution in [2.24, 2.45) is 0 Å². The summed E-state index contributed by atoms with van der Waals surface area (Å²) in [4.78, 5) is 39.9. The summed E-state index contributed by atoms with van der Waals surface area (Å²) in [5.41, 5.74) is 4.31. The summed E-state index contributed by atoms with van der Waals surface area (Å²) in [5.74, 6) is -2.64. The van der Waals surface area contributed by atoms with E-state index in [0.29, 0.717) is 0 Å². The largest absolute Gasteiger partial charge is 0.481 e. The molecular formula is C25H22FN3O5. The Morgan fingerprint density at radius 1 is 1.03 bits per heavy atom. The van der Waals surface area contributed by atoms with Crippen molar-refractivity contribution in [2.45, 2.75) is 24.8 Å². The number of halogens is 1. The van der Waals surface area contributed by atoms with E-state index in [4.69, 9.17) is 9.84 Å². The van der Waals surface area contributed by atoms with Gasteiger partial charge in [0.15, 0.2) is 0 Å². The lowest BCUT2D eigenvalue weighted by Gasteiger charge is -2.19. The van der Waals surface area contributed by atoms with E-state index in [1.807, 2.05) is 48.5 Å². The number of pyridine rings is 1. The van der Waals surface area contributed by atoms with Crippen LogP contribution in [0.5, 0.6) is 0 Å². The Labute approximate surface area is 194 Å². The van der Waals surface area contributed by atoms with Gasteiger partial charge < -0.3 is 20.5 Å². The topological polar surface area (TPSA) is 118 Å². The van der Waals surface area contributed by atoms with Gasteiger partial charge in [0, 0.05) is 18.4 Å². The molecule has 1 heterocycles. The smallest absolute Gasteiger partial charge is 0.407 e. The van der Waals surface area contributed by atoms with Crippen LogP contribution in [0.1, 0.15) is 29.9 Å². The molecule has 1 atom stereocenters. The molecule has 2 amide bonds. The molecule has 174 valence electrons. The van der Waals surface area contributed by atoms with Gasteiger partial charge in [0.25, 0.3) is 0 Å². The Hall–Kier alpha value is -4.27. The van der Waals surface area contributed by atoms with Gasteiger partial charge in [0.1, 0.15) is 18.5 Å². The van der Waals surface area contributed by atoms with E-state index in [1.165, 1.54) is 6.20 Å². The zero-order valence-electron chi connectivity index (χ0n) is 18.0. The van der Waals surface area contributed by atoms with E-state index in [0.717, 1.165) is 34.5 Å². The summed E-state index contributed by atoms with van der Waals surface area (Å²) in [6.07, 6.45) is 0.830. The van der Waals surface area contributed by atoms with Crippen molar-refractivity contribution in [3.8, 4) is 11.1 Å². The summed E-state index contributed by atoms with van der Waals surface area (Å²) < 4.78 is 18.8. The molecule has 1 aliphatic rings. The standard InChI is InChI=1S/C25H22FN3O5/c26-15-11-16(13-27-12-15)28-24(32)22(9-10-23(30)31)29-25(33)34-14-21-19-7-3-1-5-17(19)18-6-2-4-8-20(18)21/h1-8,11-13,21-22H,9-10,14H2,(H,28,32)(H,29,33)(H,30,31). The van der Waals surface area contributed by atoms with Crippen LogP contribution in [0.15, 0.2) is 67.0 Å². The van der Waals surface area contributed by atoms with Crippen LogP contribution in [0.25, 0.3) is 11.1 Å². The highest BCUT2D eigenvalue weighted by Crippen LogP contribution is 2.44. The molecule has 0 radical (unpaired) electrons. The maximum absolute atomic E-state index is 13.4. The molecule has 0 aliphatic heterocycles. The maximum atomic E-state index is 13.4. The summed E-state index contributed by atoms with van der Waals surface area (Å²) in [5, 5.41) is 13.9. The first-order valence-electron chi connectivity index (χ1n) is 10.7. The lowest BCUT2D eigenvalue weighted by atomic mass is 9.98. The number of anilines is 1. The molecular weight excluding hydrogens is 441 g/mol. The predicted octanol–water partition coefficient (Wildman–Crippen LogP) is 3.93. The first-order chi connectivity index (χ1) is 16.4. The Morgan fingerprint density at radius 3 is 2.29 bits per heavy atom. The van der Waals surface area contributed by atoms with E-state index in [-0.39, 0.29) is 31.1 Å². The Kier molecular flexibility index (Phi) is 6.82. The third kappa shape index (κ3) is 5.20. The molecule has 1 aromatic heterocycles. The minimum Gasteiger partial charge on any atom is -0.481 e. The van der Waals surface area contributed by atoms with Crippen LogP contribution in [0, 0.1) is 5.82 Å². The van der Waals surface area contributed by atoms with Crippen LogP contribution in [0.3, 0.4) is 0 Å². The number of aromatic nitrogens is 1. The Bertz CT molecular complexity index is 1190. The number of aliphatic carboxylic acids is 1. The van der Waals surface area contributed by atoms with Crippen LogP contribution in [-0.4, -0.2) is 40.7 Å². The summed E-state index contributed by atoms with van der Waals surface area (Å²) >= 11 is 0. The van der Waals surface area contributed by atoms with E-state index in [9.17, 15) is 18.8 Å². The highest BCUT2D eigenvalue weighted by molar-refractivity contribution is 5.96. The molecule has 0 saturated heterocycles. The van der Waals surface area contributed by atoms with Gasteiger partial charge in [-0.05, 0) is 28.7 Å². The monoisotopic (exact) mass is 463 g/mol. The fourth-order valence-electron chi connectivity index (χ4n) is 4.03. The van der Waals surface area contributed by atoms with Crippen LogP contribution < -0.4 is 10.6 Å². The van der Waals surface area contributed by atoms with Gasteiger partial charge in [0.2, 0.25) is 5.91 Å². The molecule has 3 aromatic rings. The molecule has 8 nitrogen and oxygen atoms in total. The molecule has 0 saturated carbocycles. The number of carbonyl (C=O) groups is 3. The van der Waals surface area contributed by atoms with Crippen molar-refractivity contribution in [1.29, 1.82) is 0 Å². The fraction of sp³-hybridized carbons (Fsp3) is 0.200. The fourth-order valence-corrected chi connectivity index (χ4v) is 4.03. The molecule has 3 N–H and O–H groups in total. The summed E-state index contributed by atoms with van der Waals surface area (Å²) in [6, 6.07) is 15.6. The van der Waals surface area contributed by atoms with Crippen LogP contribution in [-0.2, 0) is 14.3 Å². The Balaban J connectivity index is 1.43. The number of carboxylic acid groups (broad SMARTS) is 1. The zero-order valence-corrected chi connectivity index (χ0v) is 18.0. The first-order valence-corrected chi connectivity index (χ1v) is 10.7. The molecule has 1 aliphatic carbocycles. The van der Waals surface area contributed by atoms with Gasteiger partial charge in [-0.2, -0.15) is 0 Å². The van der Waals surface area contributed by atoms with Crippen molar-refractivity contribution in [3.05, 3.63) is 83.9 Å². The zero-order chi connectivity index (χ0) is 24.1. The van der Waals surface area contributed by atoms with E-state index in [2.05, 4.69) is 15.6 Å². The van der Waals surface area contributed by atoms with Gasteiger partial charge >= 0.3 is 12.1 Å². The normalized spacial score (nSPS) is 12.9. The highest BCUT2D eigenvalue weighted by atomic mass is 19.1. The number of rotatable bonds is 8. The molecule has 0 bridgehead atoms. The lowest BCUT2D eigenvalue weighted by Crippen LogP contribution is -2.44. The van der Waals surface area contributed by atoms with Gasteiger partial charge in [-0.3, -0.25) is 14.6 Å². The maximum Gasteiger partial charge on any atom is 0.407 e. The highest BCUT2D eigenvalue weighted by Gasteiger charge is 2.30. The number of ether oxygens (including phenoxy) is 1. The van der Waals surface area contributed by atoms with E-state index >= 15 is 0 Å². The first kappa shape index (κ1) is 22.9. The number of alkyl carbamates (subject to hydrolysis) is 1. The molecule has 9 heteroatoms. The molecule has 2 aromatic carbocycles. The summed E-state index contributed by atoms with van der Waals surface area (Å²) in [6.45, 7) is 0.0426. The number of hydrogen-bond acceptors (Lipinski definition) is 5.